The Morgan fingerprint density at radius 1 is 1.29 bits per heavy atom. The molecule has 2 aromatic rings. The van der Waals surface area contributed by atoms with Crippen molar-refractivity contribution >= 4 is 23.4 Å². The first-order valence-corrected chi connectivity index (χ1v) is 10.7. The van der Waals surface area contributed by atoms with Crippen LogP contribution in [-0.4, -0.2) is 42.1 Å². The van der Waals surface area contributed by atoms with Crippen LogP contribution in [0.5, 0.6) is 5.75 Å². The third-order valence-corrected chi connectivity index (χ3v) is 6.77. The molecular formula is C24H23ClN2O4. The summed E-state index contributed by atoms with van der Waals surface area (Å²) in [5.41, 5.74) is 1.08. The van der Waals surface area contributed by atoms with Gasteiger partial charge in [0, 0.05) is 18.1 Å². The van der Waals surface area contributed by atoms with E-state index in [-0.39, 0.29) is 17.9 Å². The molecule has 4 unspecified atom stereocenters. The molecule has 2 aromatic carbocycles. The first-order chi connectivity index (χ1) is 15.0. The molecule has 3 heterocycles. The van der Waals surface area contributed by atoms with Crippen molar-refractivity contribution in [2.24, 2.45) is 11.8 Å². The summed E-state index contributed by atoms with van der Waals surface area (Å²) in [5, 5.41) is 3.60. The predicted octanol–water partition coefficient (Wildman–Crippen LogP) is 2.95. The van der Waals surface area contributed by atoms with Crippen molar-refractivity contribution in [3.63, 3.8) is 0 Å². The Morgan fingerprint density at radius 3 is 2.94 bits per heavy atom. The number of fused-ring (bicyclic) bond motifs is 1. The van der Waals surface area contributed by atoms with Crippen LogP contribution in [0.4, 0.5) is 0 Å². The van der Waals surface area contributed by atoms with Gasteiger partial charge in [-0.25, -0.2) is 0 Å². The number of halogens is 1. The van der Waals surface area contributed by atoms with Crippen LogP contribution in [0, 0.1) is 11.8 Å². The van der Waals surface area contributed by atoms with Crippen LogP contribution in [0.1, 0.15) is 11.1 Å². The second-order valence-electron chi connectivity index (χ2n) is 8.26. The molecule has 5 rings (SSSR count). The lowest BCUT2D eigenvalue weighted by Gasteiger charge is -2.23. The molecule has 2 fully saturated rings. The third kappa shape index (κ3) is 3.40. The summed E-state index contributed by atoms with van der Waals surface area (Å²) >= 11 is 6.29. The second kappa shape index (κ2) is 7.70. The van der Waals surface area contributed by atoms with E-state index in [1.807, 2.05) is 60.7 Å². The van der Waals surface area contributed by atoms with Gasteiger partial charge in [-0.05, 0) is 29.3 Å². The van der Waals surface area contributed by atoms with Crippen LogP contribution in [-0.2, 0) is 27.4 Å². The van der Waals surface area contributed by atoms with E-state index in [1.54, 1.807) is 12.0 Å². The van der Waals surface area contributed by atoms with Crippen molar-refractivity contribution < 1.29 is 19.1 Å². The van der Waals surface area contributed by atoms with E-state index >= 15 is 0 Å². The molecule has 1 N–H and O–H groups in total. The molecule has 3 aliphatic rings. The molecule has 0 aliphatic carbocycles. The zero-order valence-electron chi connectivity index (χ0n) is 17.1. The number of nitrogens with zero attached hydrogens (tertiary/aromatic N) is 1. The molecule has 0 radical (unpaired) electrons. The number of hydrogen-bond acceptors (Lipinski definition) is 4. The highest BCUT2D eigenvalue weighted by Crippen LogP contribution is 2.52. The van der Waals surface area contributed by atoms with Crippen LogP contribution in [0.25, 0.3) is 0 Å². The molecule has 31 heavy (non-hydrogen) atoms. The van der Waals surface area contributed by atoms with Gasteiger partial charge in [-0.1, -0.05) is 54.1 Å². The summed E-state index contributed by atoms with van der Waals surface area (Å²) in [6.07, 6.45) is 3.50. The van der Waals surface area contributed by atoms with E-state index in [0.29, 0.717) is 24.7 Å². The van der Waals surface area contributed by atoms with Crippen molar-refractivity contribution in [1.82, 2.24) is 10.2 Å². The molecule has 0 saturated carbocycles. The highest BCUT2D eigenvalue weighted by molar-refractivity contribution is 6.31. The number of rotatable bonds is 6. The summed E-state index contributed by atoms with van der Waals surface area (Å²) in [6, 6.07) is 15.0. The minimum absolute atomic E-state index is 0.0618. The van der Waals surface area contributed by atoms with Crippen LogP contribution >= 0.6 is 11.6 Å². The highest BCUT2D eigenvalue weighted by Gasteiger charge is 2.66. The minimum Gasteiger partial charge on any atom is -0.497 e. The monoisotopic (exact) mass is 438 g/mol. The van der Waals surface area contributed by atoms with Gasteiger partial charge in [-0.15, -0.1) is 0 Å². The molecule has 4 atom stereocenters. The fourth-order valence-corrected chi connectivity index (χ4v) is 5.13. The summed E-state index contributed by atoms with van der Waals surface area (Å²) < 4.78 is 11.4. The molecule has 2 saturated heterocycles. The average Bonchev–Trinajstić information content (AvgIpc) is 3.42. The van der Waals surface area contributed by atoms with E-state index in [1.165, 1.54) is 0 Å². The predicted molar refractivity (Wildman–Crippen MR) is 115 cm³/mol. The standard InChI is InChI=1S/C24H23ClN2O4/c1-30-17-7-4-5-15(11-17)12-26-22(28)20-19-9-10-24(31-19)14-27(23(29)21(20)24)13-16-6-2-3-8-18(16)25/h2-11,19-21H,12-14H2,1H3,(H,26,28). The molecule has 2 amide bonds. The fourth-order valence-electron chi connectivity index (χ4n) is 4.93. The topological polar surface area (TPSA) is 67.9 Å². The number of nitrogens with one attached hydrogen (secondary N) is 1. The number of methoxy groups -OCH3 is 1. The zero-order valence-corrected chi connectivity index (χ0v) is 17.8. The Kier molecular flexibility index (Phi) is 4.99. The normalized spacial score (nSPS) is 28.1. The van der Waals surface area contributed by atoms with Gasteiger partial charge >= 0.3 is 0 Å². The van der Waals surface area contributed by atoms with E-state index in [9.17, 15) is 9.59 Å². The fraction of sp³-hybridized carbons (Fsp3) is 0.333. The Balaban J connectivity index is 1.32. The van der Waals surface area contributed by atoms with Crippen LogP contribution in [0.15, 0.2) is 60.7 Å². The Hall–Kier alpha value is -2.83. The Labute approximate surface area is 185 Å². The number of hydrogen-bond donors (Lipinski definition) is 1. The van der Waals surface area contributed by atoms with Gasteiger partial charge in [0.25, 0.3) is 0 Å². The first-order valence-electron chi connectivity index (χ1n) is 10.3. The van der Waals surface area contributed by atoms with Crippen LogP contribution in [0.3, 0.4) is 0 Å². The van der Waals surface area contributed by atoms with Crippen molar-refractivity contribution in [2.75, 3.05) is 13.7 Å². The number of benzene rings is 2. The maximum Gasteiger partial charge on any atom is 0.230 e. The SMILES string of the molecule is COc1cccc(CNC(=O)C2C3C=CC4(CN(Cc5ccccc5Cl)C(=O)C24)O3)c1. The number of ether oxygens (including phenoxy) is 2. The van der Waals surface area contributed by atoms with Gasteiger partial charge in [0.05, 0.1) is 31.6 Å². The van der Waals surface area contributed by atoms with Gasteiger partial charge in [0.15, 0.2) is 0 Å². The lowest BCUT2D eigenvalue weighted by Crippen LogP contribution is -2.43. The van der Waals surface area contributed by atoms with Crippen LogP contribution in [0.2, 0.25) is 5.02 Å². The number of carbonyl (C=O) groups excluding carboxylic acids is 2. The molecule has 2 bridgehead atoms. The minimum atomic E-state index is -0.735. The van der Waals surface area contributed by atoms with E-state index in [4.69, 9.17) is 21.1 Å². The summed E-state index contributed by atoms with van der Waals surface area (Å²) in [4.78, 5) is 28.2. The van der Waals surface area contributed by atoms with Gasteiger partial charge in [0.2, 0.25) is 11.8 Å². The van der Waals surface area contributed by atoms with Crippen molar-refractivity contribution in [1.29, 1.82) is 0 Å². The number of carbonyl (C=O) groups is 2. The molecular weight excluding hydrogens is 416 g/mol. The van der Waals surface area contributed by atoms with E-state index in [0.717, 1.165) is 16.9 Å². The molecule has 1 spiro atoms. The third-order valence-electron chi connectivity index (χ3n) is 6.40. The average molecular weight is 439 g/mol. The molecule has 6 nitrogen and oxygen atoms in total. The maximum atomic E-state index is 13.3. The molecule has 160 valence electrons. The Bertz CT molecular complexity index is 1070. The van der Waals surface area contributed by atoms with Crippen molar-refractivity contribution in [2.45, 2.75) is 24.8 Å². The Morgan fingerprint density at radius 2 is 2.13 bits per heavy atom. The largest absolute Gasteiger partial charge is 0.497 e. The van der Waals surface area contributed by atoms with Gasteiger partial charge < -0.3 is 19.7 Å². The zero-order chi connectivity index (χ0) is 21.6. The molecule has 3 aliphatic heterocycles. The maximum absolute atomic E-state index is 13.3. The smallest absolute Gasteiger partial charge is 0.230 e. The van der Waals surface area contributed by atoms with Gasteiger partial charge in [0.1, 0.15) is 11.4 Å². The number of amides is 2. The number of likely N-dealkylation sites (tertiary alicyclic amines) is 1. The molecule has 7 heteroatoms. The van der Waals surface area contributed by atoms with E-state index in [2.05, 4.69) is 5.32 Å². The summed E-state index contributed by atoms with van der Waals surface area (Å²) in [6.45, 7) is 1.19. The highest BCUT2D eigenvalue weighted by atomic mass is 35.5. The lowest BCUT2D eigenvalue weighted by molar-refractivity contribution is -0.137. The van der Waals surface area contributed by atoms with Crippen molar-refractivity contribution in [3.05, 3.63) is 76.8 Å². The van der Waals surface area contributed by atoms with Crippen molar-refractivity contribution in [3.8, 4) is 5.75 Å². The summed E-state index contributed by atoms with van der Waals surface area (Å²) in [5.74, 6) is -0.557. The second-order valence-corrected chi connectivity index (χ2v) is 8.66. The van der Waals surface area contributed by atoms with E-state index < -0.39 is 17.4 Å². The quantitative estimate of drug-likeness (QED) is 0.704. The lowest BCUT2D eigenvalue weighted by atomic mass is 9.77. The van der Waals surface area contributed by atoms with Gasteiger partial charge in [-0.3, -0.25) is 9.59 Å². The molecule has 0 aromatic heterocycles. The van der Waals surface area contributed by atoms with Gasteiger partial charge in [-0.2, -0.15) is 0 Å². The first kappa shape index (κ1) is 20.1. The summed E-state index contributed by atoms with van der Waals surface area (Å²) in [7, 11) is 1.61. The van der Waals surface area contributed by atoms with Crippen LogP contribution < -0.4 is 10.1 Å².